The van der Waals surface area contributed by atoms with Crippen LogP contribution < -0.4 is 4.74 Å². The van der Waals surface area contributed by atoms with Gasteiger partial charge in [0.1, 0.15) is 11.6 Å². The van der Waals surface area contributed by atoms with Crippen LogP contribution in [0.15, 0.2) is 36.4 Å². The number of allylic oxidation sites excluding steroid dienone is 2. The first-order valence-electron chi connectivity index (χ1n) is 11.4. The Morgan fingerprint density at radius 1 is 1.03 bits per heavy atom. The number of rotatable bonds is 5. The van der Waals surface area contributed by atoms with E-state index in [0.717, 1.165) is 50.7 Å². The second kappa shape index (κ2) is 9.43. The molecule has 3 atom stereocenters. The second-order valence-electron chi connectivity index (χ2n) is 9.04. The minimum absolute atomic E-state index is 0.101. The third-order valence-corrected chi connectivity index (χ3v) is 7.03. The predicted octanol–water partition coefficient (Wildman–Crippen LogP) is 8.47. The zero-order valence-corrected chi connectivity index (χ0v) is 18.3. The lowest BCUT2D eigenvalue weighted by atomic mass is 9.64. The normalized spacial score (nSPS) is 22.8. The molecule has 7 heteroatoms. The first-order valence-corrected chi connectivity index (χ1v) is 11.4. The Morgan fingerprint density at radius 3 is 2.52 bits per heavy atom. The summed E-state index contributed by atoms with van der Waals surface area (Å²) in [5, 5.41) is 0. The van der Waals surface area contributed by atoms with E-state index in [1.165, 1.54) is 6.07 Å². The van der Waals surface area contributed by atoms with Gasteiger partial charge in [-0.25, -0.2) is 13.2 Å². The molecule has 1 fully saturated rings. The highest BCUT2D eigenvalue weighted by molar-refractivity contribution is 5.68. The Balaban J connectivity index is 1.60. The number of hydrogen-bond donors (Lipinski definition) is 0. The van der Waals surface area contributed by atoms with Crippen LogP contribution in [0.2, 0.25) is 0 Å². The topological polar surface area (TPSA) is 9.23 Å². The van der Waals surface area contributed by atoms with E-state index in [9.17, 15) is 17.6 Å². The van der Waals surface area contributed by atoms with Crippen molar-refractivity contribution in [3.63, 3.8) is 0 Å². The average molecular weight is 468 g/mol. The van der Waals surface area contributed by atoms with E-state index in [2.05, 4.69) is 10.8 Å². The third-order valence-electron chi connectivity index (χ3n) is 7.03. The molecule has 1 saturated carbocycles. The average Bonchev–Trinajstić information content (AvgIpc) is 2.74. The van der Waals surface area contributed by atoms with Crippen molar-refractivity contribution in [1.82, 2.24) is 0 Å². The number of benzene rings is 2. The Labute approximate surface area is 189 Å². The predicted molar refractivity (Wildman–Crippen MR) is 114 cm³/mol. The van der Waals surface area contributed by atoms with Crippen LogP contribution in [0, 0.1) is 29.3 Å². The largest absolute Gasteiger partial charge is 0.573 e. The van der Waals surface area contributed by atoms with Gasteiger partial charge in [0.25, 0.3) is 0 Å². The Kier molecular flexibility index (Phi) is 6.78. The van der Waals surface area contributed by atoms with Crippen molar-refractivity contribution in [2.24, 2.45) is 11.8 Å². The molecule has 178 valence electrons. The van der Waals surface area contributed by atoms with Crippen molar-refractivity contribution in [2.75, 3.05) is 0 Å². The van der Waals surface area contributed by atoms with Crippen molar-refractivity contribution in [2.45, 2.75) is 64.1 Å². The van der Waals surface area contributed by atoms with Gasteiger partial charge >= 0.3 is 6.36 Å². The van der Waals surface area contributed by atoms with Crippen molar-refractivity contribution in [3.8, 4) is 16.9 Å². The van der Waals surface area contributed by atoms with E-state index in [1.807, 2.05) is 13.0 Å². The maximum Gasteiger partial charge on any atom is 0.573 e. The lowest BCUT2D eigenvalue weighted by molar-refractivity contribution is -0.275. The summed E-state index contributed by atoms with van der Waals surface area (Å²) in [7, 11) is 0. The molecule has 2 aliphatic rings. The van der Waals surface area contributed by atoms with Crippen LogP contribution >= 0.6 is 0 Å². The molecule has 0 bridgehead atoms. The van der Waals surface area contributed by atoms with Gasteiger partial charge in [-0.15, -0.1) is 13.2 Å². The molecule has 33 heavy (non-hydrogen) atoms. The summed E-state index contributed by atoms with van der Waals surface area (Å²) in [6, 6.07) is 3.81. The first kappa shape index (κ1) is 23.7. The molecule has 0 aromatic heterocycles. The van der Waals surface area contributed by atoms with Gasteiger partial charge in [-0.2, -0.15) is 0 Å². The molecule has 2 aromatic rings. The first-order chi connectivity index (χ1) is 15.7. The van der Waals surface area contributed by atoms with Crippen molar-refractivity contribution < 1.29 is 31.1 Å². The van der Waals surface area contributed by atoms with Crippen molar-refractivity contribution >= 4 is 0 Å². The van der Waals surface area contributed by atoms with E-state index in [4.69, 9.17) is 0 Å². The van der Waals surface area contributed by atoms with Crippen LogP contribution in [0.5, 0.6) is 5.75 Å². The second-order valence-corrected chi connectivity index (χ2v) is 9.04. The molecule has 0 amide bonds. The standard InChI is InChI=1S/C26H26F6O/c1-2-3-4-5-15-6-9-18-16(12-15)7-10-19-20(18)14-22(28)24(25(19)29)17-8-11-23(21(27)13-17)33-26(30,31)32/h2-3,8,11,13-16,18H,4-7,9-10,12H2,1H3. The SMILES string of the molecule is CC=CCCC1CCC2c3cc(F)c(-c4ccc(OC(F)(F)F)c(F)c4)c(F)c3CCC2C1. The summed E-state index contributed by atoms with van der Waals surface area (Å²) in [6.07, 6.45) is 5.57. The lowest BCUT2D eigenvalue weighted by Crippen LogP contribution is -2.29. The maximum absolute atomic E-state index is 15.5. The summed E-state index contributed by atoms with van der Waals surface area (Å²) in [5.41, 5.74) is 0.560. The van der Waals surface area contributed by atoms with Crippen molar-refractivity contribution in [3.05, 3.63) is 65.0 Å². The smallest absolute Gasteiger partial charge is 0.403 e. The number of halogens is 6. The molecule has 0 heterocycles. The van der Waals surface area contributed by atoms with Gasteiger partial charge in [0.05, 0.1) is 5.56 Å². The Morgan fingerprint density at radius 2 is 1.82 bits per heavy atom. The molecular weight excluding hydrogens is 442 g/mol. The summed E-state index contributed by atoms with van der Waals surface area (Å²) >= 11 is 0. The minimum atomic E-state index is -5.06. The van der Waals surface area contributed by atoms with Crippen LogP contribution in [-0.2, 0) is 6.42 Å². The summed E-state index contributed by atoms with van der Waals surface area (Å²) in [4.78, 5) is 0. The molecule has 0 aliphatic heterocycles. The maximum atomic E-state index is 15.5. The van der Waals surface area contributed by atoms with Crippen LogP contribution in [0.3, 0.4) is 0 Å². The Bertz CT molecular complexity index is 1040. The number of ether oxygens (including phenoxy) is 1. The van der Waals surface area contributed by atoms with Gasteiger partial charge in [0.15, 0.2) is 11.6 Å². The van der Waals surface area contributed by atoms with Gasteiger partial charge in [-0.3, -0.25) is 0 Å². The molecule has 3 unspecified atom stereocenters. The van der Waals surface area contributed by atoms with Crippen molar-refractivity contribution in [1.29, 1.82) is 0 Å². The van der Waals surface area contributed by atoms with E-state index in [0.29, 0.717) is 35.4 Å². The molecule has 0 spiro atoms. The van der Waals surface area contributed by atoms with Crippen LogP contribution in [0.4, 0.5) is 26.3 Å². The fourth-order valence-electron chi connectivity index (χ4n) is 5.57. The molecular formula is C26H26F6O. The fourth-order valence-corrected chi connectivity index (χ4v) is 5.57. The molecule has 0 radical (unpaired) electrons. The Hall–Kier alpha value is -2.44. The molecule has 0 saturated heterocycles. The van der Waals surface area contributed by atoms with Gasteiger partial charge < -0.3 is 4.74 Å². The minimum Gasteiger partial charge on any atom is -0.403 e. The van der Waals surface area contributed by atoms with Crippen LogP contribution in [0.1, 0.15) is 62.5 Å². The third kappa shape index (κ3) is 5.07. The molecule has 1 nitrogen and oxygen atoms in total. The number of hydrogen-bond acceptors (Lipinski definition) is 1. The summed E-state index contributed by atoms with van der Waals surface area (Å²) in [5.74, 6) is -2.84. The highest BCUT2D eigenvalue weighted by atomic mass is 19.4. The van der Waals surface area contributed by atoms with E-state index in [-0.39, 0.29) is 11.5 Å². The highest BCUT2D eigenvalue weighted by Gasteiger charge is 2.37. The van der Waals surface area contributed by atoms with E-state index >= 15 is 8.78 Å². The summed E-state index contributed by atoms with van der Waals surface area (Å²) < 4.78 is 85.5. The molecule has 2 aromatic carbocycles. The molecule has 4 rings (SSSR count). The van der Waals surface area contributed by atoms with Gasteiger partial charge in [-0.1, -0.05) is 18.2 Å². The number of alkyl halides is 3. The monoisotopic (exact) mass is 468 g/mol. The van der Waals surface area contributed by atoms with Gasteiger partial charge in [0, 0.05) is 0 Å². The zero-order valence-electron chi connectivity index (χ0n) is 18.3. The lowest BCUT2D eigenvalue weighted by Gasteiger charge is -2.41. The van der Waals surface area contributed by atoms with Crippen LogP contribution in [-0.4, -0.2) is 6.36 Å². The van der Waals surface area contributed by atoms with Gasteiger partial charge in [0.2, 0.25) is 0 Å². The van der Waals surface area contributed by atoms with Gasteiger partial charge in [-0.05, 0) is 105 Å². The van der Waals surface area contributed by atoms with Crippen LogP contribution in [0.25, 0.3) is 11.1 Å². The quantitative estimate of drug-likeness (QED) is 0.316. The van der Waals surface area contributed by atoms with E-state index in [1.54, 1.807) is 0 Å². The molecule has 2 aliphatic carbocycles. The van der Waals surface area contributed by atoms with E-state index < -0.39 is 35.1 Å². The number of fused-ring (bicyclic) bond motifs is 3. The fraction of sp³-hybridized carbons (Fsp3) is 0.462. The summed E-state index contributed by atoms with van der Waals surface area (Å²) in [6.45, 7) is 2.01. The highest BCUT2D eigenvalue weighted by Crippen LogP contribution is 2.49. The molecule has 0 N–H and O–H groups in total. The zero-order chi connectivity index (χ0) is 23.8.